The number of para-hydroxylation sites is 1. The van der Waals surface area contributed by atoms with E-state index in [4.69, 9.17) is 9.97 Å². The van der Waals surface area contributed by atoms with Crippen molar-refractivity contribution in [3.63, 3.8) is 0 Å². The van der Waals surface area contributed by atoms with Crippen molar-refractivity contribution in [2.75, 3.05) is 5.32 Å². The third-order valence-electron chi connectivity index (χ3n) is 6.41. The quantitative estimate of drug-likeness (QED) is 0.280. The molecule has 6 rings (SSSR count). The number of H-pyrrole nitrogens is 1. The molecule has 0 spiro atoms. The average molecular weight is 551 g/mol. The lowest BCUT2D eigenvalue weighted by Crippen LogP contribution is -2.29. The van der Waals surface area contributed by atoms with Crippen LogP contribution in [0.2, 0.25) is 0 Å². The van der Waals surface area contributed by atoms with Gasteiger partial charge in [-0.2, -0.15) is 14.6 Å². The van der Waals surface area contributed by atoms with Crippen molar-refractivity contribution in [1.82, 2.24) is 29.5 Å². The molecule has 0 radical (unpaired) electrons. The van der Waals surface area contributed by atoms with Gasteiger partial charge in [0.1, 0.15) is 5.82 Å². The predicted octanol–water partition coefficient (Wildman–Crippen LogP) is 6.16. The Kier molecular flexibility index (Phi) is 8.44. The largest absolute Gasteiger partial charge is 0.358 e. The monoisotopic (exact) mass is 549 g/mol. The van der Waals surface area contributed by atoms with Crippen molar-refractivity contribution in [1.29, 1.82) is 0 Å². The minimum Gasteiger partial charge on any atom is -0.358 e. The first-order valence-corrected chi connectivity index (χ1v) is 11.3. The number of benzene rings is 1. The zero-order valence-corrected chi connectivity index (χ0v) is 22.2. The van der Waals surface area contributed by atoms with Gasteiger partial charge in [-0.25, -0.2) is 9.37 Å². The van der Waals surface area contributed by atoms with Gasteiger partial charge in [0, 0.05) is 40.0 Å². The molecule has 1 unspecified atom stereocenters. The molecule has 190 valence electrons. The van der Waals surface area contributed by atoms with Crippen molar-refractivity contribution in [2.45, 2.75) is 45.1 Å². The third kappa shape index (κ3) is 4.85. The third-order valence-corrected chi connectivity index (χ3v) is 6.41. The van der Waals surface area contributed by atoms with E-state index in [0.717, 1.165) is 30.5 Å². The molecule has 0 amide bonds. The van der Waals surface area contributed by atoms with Crippen molar-refractivity contribution in [3.05, 3.63) is 71.6 Å². The molecule has 1 atom stereocenters. The molecule has 11 heteroatoms. The van der Waals surface area contributed by atoms with Crippen LogP contribution in [0.25, 0.3) is 27.9 Å². The van der Waals surface area contributed by atoms with E-state index in [0.29, 0.717) is 17.3 Å². The van der Waals surface area contributed by atoms with E-state index in [1.807, 2.05) is 6.20 Å². The highest BCUT2D eigenvalue weighted by Gasteiger charge is 2.24. The fraction of sp³-hybridized carbons (Fsp3) is 0.280. The second-order valence-corrected chi connectivity index (χ2v) is 8.96. The minimum atomic E-state index is -0.415. The molecule has 4 heterocycles. The molecular weight excluding hydrogens is 524 g/mol. The number of aryl methyl sites for hydroxylation is 1. The van der Waals surface area contributed by atoms with Crippen LogP contribution in [0.4, 0.5) is 10.3 Å². The van der Waals surface area contributed by atoms with Crippen LogP contribution in [-0.4, -0.2) is 35.6 Å². The van der Waals surface area contributed by atoms with Crippen LogP contribution in [0.15, 0.2) is 48.9 Å². The molecule has 1 aliphatic rings. The van der Waals surface area contributed by atoms with Gasteiger partial charge in [-0.05, 0) is 42.9 Å². The van der Waals surface area contributed by atoms with Crippen LogP contribution in [0, 0.1) is 5.82 Å². The summed E-state index contributed by atoms with van der Waals surface area (Å²) in [6.07, 6.45) is 7.43. The highest BCUT2D eigenvalue weighted by atomic mass is 35.5. The highest BCUT2D eigenvalue weighted by molar-refractivity contribution is 5.86. The van der Waals surface area contributed by atoms with Crippen molar-refractivity contribution in [3.8, 4) is 11.4 Å². The van der Waals surface area contributed by atoms with Gasteiger partial charge in [0.05, 0.1) is 12.4 Å². The van der Waals surface area contributed by atoms with Crippen LogP contribution in [0.3, 0.4) is 0 Å². The molecular formula is C25H27Cl3FN7. The molecule has 4 aromatic heterocycles. The lowest BCUT2D eigenvalue weighted by molar-refractivity contribution is 0.599. The molecule has 0 saturated heterocycles. The summed E-state index contributed by atoms with van der Waals surface area (Å²) in [7, 11) is 0. The first-order valence-electron chi connectivity index (χ1n) is 11.3. The maximum absolute atomic E-state index is 13.9. The van der Waals surface area contributed by atoms with E-state index in [2.05, 4.69) is 58.5 Å². The number of hydrogen-bond acceptors (Lipinski definition) is 5. The first kappa shape index (κ1) is 27.6. The molecule has 2 N–H and O–H groups in total. The number of rotatable bonds is 4. The smallest absolute Gasteiger partial charge is 0.228 e. The van der Waals surface area contributed by atoms with Crippen molar-refractivity contribution < 1.29 is 4.39 Å². The second kappa shape index (κ2) is 11.0. The van der Waals surface area contributed by atoms with Crippen molar-refractivity contribution >= 4 is 59.7 Å². The number of fused-ring (bicyclic) bond motifs is 4. The van der Waals surface area contributed by atoms with Gasteiger partial charge in [-0.15, -0.1) is 37.2 Å². The highest BCUT2D eigenvalue weighted by Crippen LogP contribution is 2.31. The van der Waals surface area contributed by atoms with Crippen LogP contribution in [0.5, 0.6) is 0 Å². The normalized spacial score (nSPS) is 14.6. The van der Waals surface area contributed by atoms with E-state index in [1.165, 1.54) is 34.4 Å². The Morgan fingerprint density at radius 2 is 1.89 bits per heavy atom. The van der Waals surface area contributed by atoms with Crippen LogP contribution in [-0.2, 0) is 12.8 Å². The summed E-state index contributed by atoms with van der Waals surface area (Å²) in [5.41, 5.74) is 6.15. The zero-order valence-electron chi connectivity index (χ0n) is 19.7. The Morgan fingerprint density at radius 3 is 2.67 bits per heavy atom. The number of aromatic amines is 1. The standard InChI is InChI=1S/C25H24FN7.3ClH/c1-14(2)20-13-28-33-24(20)31-23(15-9-16(26)12-27-11-15)32-25(33)29-17-7-8-22-19(10-17)18-5-3-4-6-21(18)30-22;;;/h3-6,9,11-14,17,30H,7-8,10H2,1-2H3,(H,29,31,32);3*1H. The topological polar surface area (TPSA) is 83.8 Å². The van der Waals surface area contributed by atoms with E-state index < -0.39 is 5.82 Å². The minimum absolute atomic E-state index is 0. The number of nitrogens with one attached hydrogen (secondary N) is 2. The SMILES string of the molecule is CC(C)c1cnn2c(NC3CCc4[nH]c5ccccc5c4C3)nc(-c3cncc(F)c3)nc12.Cl.Cl.Cl. The summed E-state index contributed by atoms with van der Waals surface area (Å²) in [5.74, 6) is 0.872. The molecule has 1 aliphatic carbocycles. The summed E-state index contributed by atoms with van der Waals surface area (Å²) in [5, 5.41) is 9.47. The van der Waals surface area contributed by atoms with E-state index in [9.17, 15) is 4.39 Å². The van der Waals surface area contributed by atoms with Crippen LogP contribution in [0.1, 0.15) is 43.0 Å². The first-order chi connectivity index (χ1) is 16.1. The molecule has 1 aromatic carbocycles. The van der Waals surface area contributed by atoms with E-state index in [1.54, 1.807) is 10.7 Å². The summed E-state index contributed by atoms with van der Waals surface area (Å²) >= 11 is 0. The molecule has 0 bridgehead atoms. The van der Waals surface area contributed by atoms with Gasteiger partial charge in [0.15, 0.2) is 11.5 Å². The summed E-state index contributed by atoms with van der Waals surface area (Å²) < 4.78 is 15.6. The molecule has 7 nitrogen and oxygen atoms in total. The van der Waals surface area contributed by atoms with Crippen LogP contribution >= 0.6 is 37.2 Å². The maximum atomic E-state index is 13.9. The molecule has 36 heavy (non-hydrogen) atoms. The zero-order chi connectivity index (χ0) is 22.5. The Hall–Kier alpha value is -2.94. The molecule has 5 aromatic rings. The maximum Gasteiger partial charge on any atom is 0.228 e. The van der Waals surface area contributed by atoms with Gasteiger partial charge in [0.25, 0.3) is 0 Å². The van der Waals surface area contributed by atoms with Gasteiger partial charge in [-0.1, -0.05) is 32.0 Å². The lowest BCUT2D eigenvalue weighted by atomic mass is 9.91. The number of halogens is 4. The van der Waals surface area contributed by atoms with Gasteiger partial charge in [0.2, 0.25) is 5.95 Å². The molecule has 0 fully saturated rings. The van der Waals surface area contributed by atoms with Gasteiger partial charge < -0.3 is 10.3 Å². The second-order valence-electron chi connectivity index (χ2n) is 8.96. The Bertz CT molecular complexity index is 1500. The van der Waals surface area contributed by atoms with Gasteiger partial charge in [-0.3, -0.25) is 4.98 Å². The fourth-order valence-corrected chi connectivity index (χ4v) is 4.73. The number of hydrogen-bond donors (Lipinski definition) is 2. The Labute approximate surface area is 226 Å². The molecule has 0 aliphatic heterocycles. The summed E-state index contributed by atoms with van der Waals surface area (Å²) in [6, 6.07) is 10.0. The number of anilines is 1. The van der Waals surface area contributed by atoms with E-state index in [-0.39, 0.29) is 49.2 Å². The number of nitrogens with zero attached hydrogens (tertiary/aromatic N) is 5. The molecule has 0 saturated carbocycles. The summed E-state index contributed by atoms with van der Waals surface area (Å²) in [6.45, 7) is 4.21. The summed E-state index contributed by atoms with van der Waals surface area (Å²) in [4.78, 5) is 17.0. The van der Waals surface area contributed by atoms with Crippen molar-refractivity contribution in [2.24, 2.45) is 0 Å². The average Bonchev–Trinajstić information content (AvgIpc) is 3.41. The van der Waals surface area contributed by atoms with Crippen LogP contribution < -0.4 is 5.32 Å². The van der Waals surface area contributed by atoms with Gasteiger partial charge >= 0.3 is 0 Å². The lowest BCUT2D eigenvalue weighted by Gasteiger charge is -2.24. The Balaban J connectivity index is 0.00000120. The van der Waals surface area contributed by atoms with E-state index >= 15 is 0 Å². The predicted molar refractivity (Wildman–Crippen MR) is 148 cm³/mol. The Morgan fingerprint density at radius 1 is 1.08 bits per heavy atom. The fourth-order valence-electron chi connectivity index (χ4n) is 4.73. The number of pyridine rings is 1. The number of aromatic nitrogens is 6.